The zero-order valence-electron chi connectivity index (χ0n) is 22.0. The Hall–Kier alpha value is -3.34. The van der Waals surface area contributed by atoms with Gasteiger partial charge in [-0.15, -0.1) is 0 Å². The van der Waals surface area contributed by atoms with E-state index in [1.807, 2.05) is 6.08 Å². The Morgan fingerprint density at radius 3 is 2.03 bits per heavy atom. The van der Waals surface area contributed by atoms with E-state index in [-0.39, 0.29) is 29.0 Å². The van der Waals surface area contributed by atoms with E-state index in [2.05, 4.69) is 13.0 Å². The molecule has 5 heteroatoms. The largest absolute Gasteiger partial charge is 0.491 e. The van der Waals surface area contributed by atoms with Crippen molar-refractivity contribution >= 4 is 6.08 Å². The lowest BCUT2D eigenvalue weighted by Crippen LogP contribution is -2.05. The minimum Gasteiger partial charge on any atom is -0.491 e. The summed E-state index contributed by atoms with van der Waals surface area (Å²) in [6.07, 6.45) is 13.9. The molecule has 0 aliphatic heterocycles. The van der Waals surface area contributed by atoms with Crippen LogP contribution in [-0.4, -0.2) is 6.61 Å². The number of rotatable bonds is 10. The molecular weight excluding hydrogens is 488 g/mol. The Morgan fingerprint density at radius 2 is 1.42 bits per heavy atom. The van der Waals surface area contributed by atoms with E-state index in [1.54, 1.807) is 49.4 Å². The summed E-state index contributed by atoms with van der Waals surface area (Å²) in [5.74, 6) is -3.34. The van der Waals surface area contributed by atoms with Gasteiger partial charge in [0, 0.05) is 16.7 Å². The van der Waals surface area contributed by atoms with Crippen LogP contribution in [0, 0.1) is 29.2 Å². The topological polar surface area (TPSA) is 9.23 Å². The van der Waals surface area contributed by atoms with E-state index < -0.39 is 23.3 Å². The molecule has 0 fully saturated rings. The van der Waals surface area contributed by atoms with E-state index >= 15 is 4.39 Å². The van der Waals surface area contributed by atoms with Gasteiger partial charge in [-0.1, -0.05) is 92.8 Å². The number of hydrogen-bond acceptors (Lipinski definition) is 1. The summed E-state index contributed by atoms with van der Waals surface area (Å²) in [7, 11) is 0. The molecule has 1 atom stereocenters. The maximum atomic E-state index is 15.0. The van der Waals surface area contributed by atoms with Gasteiger partial charge in [-0.3, -0.25) is 0 Å². The Labute approximate surface area is 222 Å². The van der Waals surface area contributed by atoms with E-state index in [9.17, 15) is 13.2 Å². The molecule has 0 saturated heterocycles. The van der Waals surface area contributed by atoms with Gasteiger partial charge in [0.25, 0.3) is 0 Å². The molecule has 3 aromatic carbocycles. The second kappa shape index (κ2) is 12.9. The van der Waals surface area contributed by atoms with Crippen molar-refractivity contribution in [3.05, 3.63) is 95.1 Å². The van der Waals surface area contributed by atoms with Gasteiger partial charge in [0.2, 0.25) is 5.82 Å². The Balaban J connectivity index is 1.47. The molecular formula is C33H34F4O. The summed E-state index contributed by atoms with van der Waals surface area (Å²) >= 11 is 0. The highest BCUT2D eigenvalue weighted by Crippen LogP contribution is 2.33. The summed E-state index contributed by atoms with van der Waals surface area (Å²) in [6, 6.07) is 12.2. The summed E-state index contributed by atoms with van der Waals surface area (Å²) in [5, 5.41) is 0. The molecule has 1 nitrogen and oxygen atoms in total. The van der Waals surface area contributed by atoms with Crippen LogP contribution in [0.5, 0.6) is 5.75 Å². The van der Waals surface area contributed by atoms with E-state index in [0.717, 1.165) is 30.8 Å². The molecule has 0 aromatic heterocycles. The molecule has 0 amide bonds. The van der Waals surface area contributed by atoms with Crippen LogP contribution in [-0.2, 0) is 0 Å². The van der Waals surface area contributed by atoms with Crippen LogP contribution >= 0.6 is 0 Å². The Morgan fingerprint density at radius 1 is 0.763 bits per heavy atom. The van der Waals surface area contributed by atoms with Crippen LogP contribution in [0.25, 0.3) is 28.3 Å². The average Bonchev–Trinajstić information content (AvgIpc) is 2.93. The maximum Gasteiger partial charge on any atom is 0.201 e. The molecule has 4 rings (SSSR count). The third-order valence-corrected chi connectivity index (χ3v) is 7.21. The van der Waals surface area contributed by atoms with E-state index in [1.165, 1.54) is 37.8 Å². The number of benzene rings is 3. The minimum absolute atomic E-state index is 0.0638. The Bertz CT molecular complexity index is 1310. The summed E-state index contributed by atoms with van der Waals surface area (Å²) in [5.41, 5.74) is 2.39. The van der Waals surface area contributed by atoms with Crippen molar-refractivity contribution in [1.82, 2.24) is 0 Å². The van der Waals surface area contributed by atoms with Crippen LogP contribution < -0.4 is 4.74 Å². The van der Waals surface area contributed by atoms with E-state index in [0.29, 0.717) is 11.1 Å². The second-order valence-corrected chi connectivity index (χ2v) is 9.83. The van der Waals surface area contributed by atoms with Crippen LogP contribution in [0.4, 0.5) is 17.6 Å². The first-order valence-corrected chi connectivity index (χ1v) is 13.5. The number of hydrogen-bond donors (Lipinski definition) is 0. The monoisotopic (exact) mass is 522 g/mol. The fourth-order valence-corrected chi connectivity index (χ4v) is 4.97. The maximum absolute atomic E-state index is 15.0. The second-order valence-electron chi connectivity index (χ2n) is 9.83. The van der Waals surface area contributed by atoms with Gasteiger partial charge in [0.1, 0.15) is 0 Å². The molecule has 200 valence electrons. The molecule has 1 aliphatic carbocycles. The zero-order valence-corrected chi connectivity index (χ0v) is 22.0. The van der Waals surface area contributed by atoms with Crippen molar-refractivity contribution in [2.24, 2.45) is 5.92 Å². The molecule has 0 N–H and O–H groups in total. The average molecular weight is 523 g/mol. The standard InChI is InChI=1S/C33H34F4O/c1-3-5-6-7-22-8-10-23(11-9-22)12-13-26-18-19-27(31(35)30(26)34)24-14-16-25(17-15-24)28-20-21-29(38-4-2)33(37)32(28)36/h10,12-22H,3-9,11H2,1-2H3. The molecule has 1 unspecified atom stereocenters. The predicted molar refractivity (Wildman–Crippen MR) is 147 cm³/mol. The molecule has 0 spiro atoms. The summed E-state index contributed by atoms with van der Waals surface area (Å²) in [6.45, 7) is 4.12. The van der Waals surface area contributed by atoms with Crippen molar-refractivity contribution in [3.63, 3.8) is 0 Å². The molecule has 0 radical (unpaired) electrons. The fourth-order valence-electron chi connectivity index (χ4n) is 4.97. The third-order valence-electron chi connectivity index (χ3n) is 7.21. The molecule has 0 bridgehead atoms. The molecule has 1 aliphatic rings. The van der Waals surface area contributed by atoms with E-state index in [4.69, 9.17) is 4.74 Å². The smallest absolute Gasteiger partial charge is 0.201 e. The SMILES string of the molecule is CCCCCC1CC=C(C=Cc2ccc(-c3ccc(-c4ccc(OCC)c(F)c4F)cc3)c(F)c2F)CC1. The number of allylic oxidation sites excluding steroid dienone is 3. The molecule has 0 heterocycles. The molecule has 38 heavy (non-hydrogen) atoms. The summed E-state index contributed by atoms with van der Waals surface area (Å²) in [4.78, 5) is 0. The lowest BCUT2D eigenvalue weighted by molar-refractivity contribution is 0.314. The third kappa shape index (κ3) is 6.38. The highest BCUT2D eigenvalue weighted by atomic mass is 19.2. The van der Waals surface area contributed by atoms with Crippen LogP contribution in [0.15, 0.2) is 66.3 Å². The van der Waals surface area contributed by atoms with Gasteiger partial charge < -0.3 is 4.74 Å². The quantitative estimate of drug-likeness (QED) is 0.190. The number of halogens is 4. The number of unbranched alkanes of at least 4 members (excludes halogenated alkanes) is 2. The summed E-state index contributed by atoms with van der Waals surface area (Å²) < 4.78 is 63.9. The highest BCUT2D eigenvalue weighted by Gasteiger charge is 2.18. The van der Waals surface area contributed by atoms with Gasteiger partial charge in [-0.05, 0) is 55.4 Å². The van der Waals surface area contributed by atoms with Crippen LogP contribution in [0.3, 0.4) is 0 Å². The van der Waals surface area contributed by atoms with Crippen LogP contribution in [0.1, 0.15) is 64.4 Å². The van der Waals surface area contributed by atoms with Crippen molar-refractivity contribution in [1.29, 1.82) is 0 Å². The molecule has 0 saturated carbocycles. The van der Waals surface area contributed by atoms with Crippen molar-refractivity contribution in [2.75, 3.05) is 6.61 Å². The van der Waals surface area contributed by atoms with Gasteiger partial charge in [-0.25, -0.2) is 13.2 Å². The zero-order chi connectivity index (χ0) is 27.1. The lowest BCUT2D eigenvalue weighted by atomic mass is 9.86. The van der Waals surface area contributed by atoms with Crippen molar-refractivity contribution < 1.29 is 22.3 Å². The Kier molecular flexibility index (Phi) is 9.43. The minimum atomic E-state index is -1.05. The van der Waals surface area contributed by atoms with Crippen molar-refractivity contribution in [2.45, 2.75) is 58.8 Å². The van der Waals surface area contributed by atoms with Gasteiger partial charge in [-0.2, -0.15) is 4.39 Å². The van der Waals surface area contributed by atoms with Gasteiger partial charge >= 0.3 is 0 Å². The van der Waals surface area contributed by atoms with Crippen LogP contribution in [0.2, 0.25) is 0 Å². The highest BCUT2D eigenvalue weighted by molar-refractivity contribution is 5.72. The number of ether oxygens (including phenoxy) is 1. The normalized spacial score (nSPS) is 15.6. The van der Waals surface area contributed by atoms with Crippen molar-refractivity contribution in [3.8, 4) is 28.0 Å². The predicted octanol–water partition coefficient (Wildman–Crippen LogP) is 10.3. The van der Waals surface area contributed by atoms with Gasteiger partial charge in [0.15, 0.2) is 23.2 Å². The lowest BCUT2D eigenvalue weighted by Gasteiger charge is -2.20. The first kappa shape index (κ1) is 27.7. The first-order chi connectivity index (χ1) is 18.4. The van der Waals surface area contributed by atoms with Gasteiger partial charge in [0.05, 0.1) is 6.61 Å². The first-order valence-electron chi connectivity index (χ1n) is 13.5. The fraction of sp³-hybridized carbons (Fsp3) is 0.333. The molecule has 3 aromatic rings.